The SMILES string of the molecule is CCN(CC)C(C)(C)CNC(O)(C(F)(F)F)C(F)(F)F. The third kappa shape index (κ3) is 3.98. The van der Waals surface area contributed by atoms with Crippen LogP contribution in [0.1, 0.15) is 27.7 Å². The Labute approximate surface area is 113 Å². The van der Waals surface area contributed by atoms with E-state index < -0.39 is 30.2 Å². The molecule has 0 unspecified atom stereocenters. The summed E-state index contributed by atoms with van der Waals surface area (Å²) >= 11 is 0. The van der Waals surface area contributed by atoms with E-state index in [-0.39, 0.29) is 0 Å². The molecule has 0 aliphatic rings. The summed E-state index contributed by atoms with van der Waals surface area (Å²) in [7, 11) is 0. The van der Waals surface area contributed by atoms with E-state index in [1.165, 1.54) is 19.2 Å². The van der Waals surface area contributed by atoms with Crippen LogP contribution >= 0.6 is 0 Å². The van der Waals surface area contributed by atoms with Crippen molar-refractivity contribution < 1.29 is 31.4 Å². The van der Waals surface area contributed by atoms with E-state index in [0.717, 1.165) is 0 Å². The molecule has 0 spiro atoms. The topological polar surface area (TPSA) is 35.5 Å². The first-order valence-corrected chi connectivity index (χ1v) is 6.08. The van der Waals surface area contributed by atoms with Gasteiger partial charge in [0.1, 0.15) is 0 Å². The molecule has 0 saturated heterocycles. The minimum atomic E-state index is -5.86. The van der Waals surface area contributed by atoms with Gasteiger partial charge in [0.25, 0.3) is 0 Å². The average molecular weight is 310 g/mol. The zero-order valence-corrected chi connectivity index (χ0v) is 11.8. The lowest BCUT2D eigenvalue weighted by molar-refractivity contribution is -0.380. The van der Waals surface area contributed by atoms with Crippen LogP contribution < -0.4 is 5.32 Å². The maximum Gasteiger partial charge on any atom is 0.440 e. The largest absolute Gasteiger partial charge is 0.440 e. The Balaban J connectivity index is 5.16. The van der Waals surface area contributed by atoms with Gasteiger partial charge in [-0.1, -0.05) is 13.8 Å². The van der Waals surface area contributed by atoms with E-state index in [9.17, 15) is 26.3 Å². The maximum absolute atomic E-state index is 12.5. The summed E-state index contributed by atoms with van der Waals surface area (Å²) in [6.07, 6.45) is -11.7. The molecule has 20 heavy (non-hydrogen) atoms. The minimum absolute atomic E-state index is 0.460. The Morgan fingerprint density at radius 3 is 1.50 bits per heavy atom. The lowest BCUT2D eigenvalue weighted by Gasteiger charge is -2.41. The van der Waals surface area contributed by atoms with Gasteiger partial charge in [-0.05, 0) is 26.9 Å². The molecule has 0 amide bonds. The Bertz CT molecular complexity index is 295. The summed E-state index contributed by atoms with van der Waals surface area (Å²) < 4.78 is 75.0. The fraction of sp³-hybridized carbons (Fsp3) is 1.00. The highest BCUT2D eigenvalue weighted by Gasteiger charge is 2.70. The van der Waals surface area contributed by atoms with Gasteiger partial charge in [0.05, 0.1) is 0 Å². The van der Waals surface area contributed by atoms with Crippen LogP contribution in [0.3, 0.4) is 0 Å². The van der Waals surface area contributed by atoms with Crippen LogP contribution in [-0.2, 0) is 0 Å². The number of aliphatic hydroxyl groups is 1. The highest BCUT2D eigenvalue weighted by molar-refractivity contribution is 4.95. The molecule has 0 aromatic heterocycles. The lowest BCUT2D eigenvalue weighted by atomic mass is 10.0. The van der Waals surface area contributed by atoms with Gasteiger partial charge in [-0.25, -0.2) is 0 Å². The number of nitrogens with one attached hydrogen (secondary N) is 1. The summed E-state index contributed by atoms with van der Waals surface area (Å²) in [6, 6.07) is 0. The number of nitrogens with zero attached hydrogens (tertiary/aromatic N) is 1. The van der Waals surface area contributed by atoms with E-state index in [1.54, 1.807) is 18.7 Å². The van der Waals surface area contributed by atoms with Crippen molar-refractivity contribution in [2.45, 2.75) is 51.3 Å². The van der Waals surface area contributed by atoms with Crippen LogP contribution in [0.4, 0.5) is 26.3 Å². The van der Waals surface area contributed by atoms with Crippen molar-refractivity contribution >= 4 is 0 Å². The van der Waals surface area contributed by atoms with Crippen LogP contribution in [0, 0.1) is 0 Å². The molecule has 0 aliphatic heterocycles. The van der Waals surface area contributed by atoms with Crippen LogP contribution in [0.15, 0.2) is 0 Å². The number of rotatable bonds is 6. The first-order valence-electron chi connectivity index (χ1n) is 6.08. The quantitative estimate of drug-likeness (QED) is 0.584. The van der Waals surface area contributed by atoms with E-state index in [4.69, 9.17) is 5.11 Å². The molecule has 3 nitrogen and oxygen atoms in total. The van der Waals surface area contributed by atoms with Crippen LogP contribution in [0.25, 0.3) is 0 Å². The van der Waals surface area contributed by atoms with E-state index in [0.29, 0.717) is 13.1 Å². The number of halogens is 6. The average Bonchev–Trinajstić information content (AvgIpc) is 2.24. The summed E-state index contributed by atoms with van der Waals surface area (Å²) in [5.41, 5.74) is -5.89. The molecule has 0 aliphatic carbocycles. The van der Waals surface area contributed by atoms with Gasteiger partial charge in [-0.15, -0.1) is 0 Å². The third-order valence-electron chi connectivity index (χ3n) is 3.22. The molecule has 0 radical (unpaired) electrons. The fourth-order valence-corrected chi connectivity index (χ4v) is 1.90. The molecular weight excluding hydrogens is 290 g/mol. The molecule has 0 saturated carbocycles. The predicted molar refractivity (Wildman–Crippen MR) is 62.1 cm³/mol. The fourth-order valence-electron chi connectivity index (χ4n) is 1.90. The first kappa shape index (κ1) is 19.5. The van der Waals surface area contributed by atoms with Gasteiger partial charge in [0.2, 0.25) is 0 Å². The van der Waals surface area contributed by atoms with Gasteiger partial charge in [-0.3, -0.25) is 10.2 Å². The third-order valence-corrected chi connectivity index (χ3v) is 3.22. The van der Waals surface area contributed by atoms with Crippen LogP contribution in [0.2, 0.25) is 0 Å². The van der Waals surface area contributed by atoms with Gasteiger partial charge in [0, 0.05) is 12.1 Å². The zero-order valence-electron chi connectivity index (χ0n) is 11.8. The summed E-state index contributed by atoms with van der Waals surface area (Å²) in [5, 5.41) is 10.2. The Morgan fingerprint density at radius 1 is 0.900 bits per heavy atom. The standard InChI is InChI=1S/C11H20F6N2O/c1-5-19(6-2)8(3,4)7-18-9(20,10(12,13)14)11(15,16)17/h18,20H,5-7H2,1-4H3. The Hall–Kier alpha value is -0.540. The van der Waals surface area contributed by atoms with Crippen molar-refractivity contribution in [3.8, 4) is 0 Å². The van der Waals surface area contributed by atoms with Gasteiger partial charge in [-0.2, -0.15) is 26.3 Å². The summed E-state index contributed by atoms with van der Waals surface area (Å²) in [4.78, 5) is 1.69. The highest BCUT2D eigenvalue weighted by Crippen LogP contribution is 2.41. The Kier molecular flexibility index (Phi) is 5.90. The van der Waals surface area contributed by atoms with Crippen molar-refractivity contribution in [3.63, 3.8) is 0 Å². The van der Waals surface area contributed by atoms with Crippen molar-refractivity contribution in [1.29, 1.82) is 0 Å². The van der Waals surface area contributed by atoms with Crippen molar-refractivity contribution in [1.82, 2.24) is 10.2 Å². The summed E-state index contributed by atoms with van der Waals surface area (Å²) in [5.74, 6) is 0. The highest BCUT2D eigenvalue weighted by atomic mass is 19.4. The molecule has 0 fully saturated rings. The normalized spacial score (nSPS) is 15.0. The zero-order chi connectivity index (χ0) is 16.4. The van der Waals surface area contributed by atoms with Crippen molar-refractivity contribution in [2.75, 3.05) is 19.6 Å². The van der Waals surface area contributed by atoms with E-state index in [2.05, 4.69) is 0 Å². The molecule has 0 atom stereocenters. The van der Waals surface area contributed by atoms with Crippen molar-refractivity contribution in [3.05, 3.63) is 0 Å². The molecule has 122 valence electrons. The second-order valence-electron chi connectivity index (χ2n) is 5.04. The molecule has 0 rings (SSSR count). The molecular formula is C11H20F6N2O. The molecule has 0 aromatic carbocycles. The van der Waals surface area contributed by atoms with E-state index >= 15 is 0 Å². The number of likely N-dealkylation sites (N-methyl/N-ethyl adjacent to an activating group) is 1. The second kappa shape index (κ2) is 6.07. The number of hydrogen-bond donors (Lipinski definition) is 2. The number of alkyl halides is 6. The van der Waals surface area contributed by atoms with Gasteiger partial charge in [0.15, 0.2) is 0 Å². The molecule has 0 heterocycles. The Morgan fingerprint density at radius 2 is 1.25 bits per heavy atom. The predicted octanol–water partition coefficient (Wildman–Crippen LogP) is 2.51. The number of hydrogen-bond acceptors (Lipinski definition) is 3. The molecule has 2 N–H and O–H groups in total. The maximum atomic E-state index is 12.5. The minimum Gasteiger partial charge on any atom is -0.361 e. The van der Waals surface area contributed by atoms with Crippen LogP contribution in [-0.4, -0.2) is 53.3 Å². The van der Waals surface area contributed by atoms with Gasteiger partial charge < -0.3 is 5.11 Å². The van der Waals surface area contributed by atoms with Crippen LogP contribution in [0.5, 0.6) is 0 Å². The molecule has 0 aromatic rings. The monoisotopic (exact) mass is 310 g/mol. The molecule has 9 heteroatoms. The molecule has 0 bridgehead atoms. The smallest absolute Gasteiger partial charge is 0.361 e. The van der Waals surface area contributed by atoms with Gasteiger partial charge >= 0.3 is 18.1 Å². The first-order chi connectivity index (χ1) is 8.73. The summed E-state index contributed by atoms with van der Waals surface area (Å²) in [6.45, 7) is 6.73. The lowest BCUT2D eigenvalue weighted by Crippen LogP contribution is -2.69. The second-order valence-corrected chi connectivity index (χ2v) is 5.04. The van der Waals surface area contributed by atoms with E-state index in [1.807, 2.05) is 0 Å². The van der Waals surface area contributed by atoms with Crippen molar-refractivity contribution in [2.24, 2.45) is 0 Å².